The molecule has 0 aliphatic heterocycles. The lowest BCUT2D eigenvalue weighted by Gasteiger charge is -2.19. The van der Waals surface area contributed by atoms with Crippen LogP contribution in [-0.2, 0) is 0 Å². The number of benzene rings is 3. The zero-order chi connectivity index (χ0) is 15.5. The van der Waals surface area contributed by atoms with E-state index in [-0.39, 0.29) is 0 Å². The van der Waals surface area contributed by atoms with E-state index >= 15 is 0 Å². The van der Waals surface area contributed by atoms with Crippen LogP contribution < -0.4 is 15.9 Å². The molecular weight excluding hydrogens is 287 g/mol. The Bertz CT molecular complexity index is 635. The lowest BCUT2D eigenvalue weighted by Crippen LogP contribution is -2.20. The standard InChI is InChI=1S/C20H19OP/c1-15-3-9-18(10-4-15)22(19-11-5-16(2)6-12-19)20-13-7-17(21)8-14-20/h3-14,21H,1-2H3. The Balaban J connectivity index is 2.10. The van der Waals surface area contributed by atoms with E-state index < -0.39 is 7.92 Å². The summed E-state index contributed by atoms with van der Waals surface area (Å²) in [6.07, 6.45) is 0. The summed E-state index contributed by atoms with van der Waals surface area (Å²) in [4.78, 5) is 0. The number of phenolic OH excluding ortho intramolecular Hbond substituents is 1. The first-order valence-corrected chi connectivity index (χ1v) is 8.70. The summed E-state index contributed by atoms with van der Waals surface area (Å²) in [6, 6.07) is 25.1. The van der Waals surface area contributed by atoms with Crippen molar-refractivity contribution in [2.75, 3.05) is 0 Å². The summed E-state index contributed by atoms with van der Waals surface area (Å²) >= 11 is 0. The van der Waals surface area contributed by atoms with Crippen LogP contribution in [0.2, 0.25) is 0 Å². The van der Waals surface area contributed by atoms with Crippen LogP contribution in [0.1, 0.15) is 11.1 Å². The van der Waals surface area contributed by atoms with Crippen molar-refractivity contribution in [1.82, 2.24) is 0 Å². The molecule has 3 rings (SSSR count). The van der Waals surface area contributed by atoms with Crippen molar-refractivity contribution in [3.8, 4) is 5.75 Å². The van der Waals surface area contributed by atoms with E-state index in [0.29, 0.717) is 5.75 Å². The molecule has 0 amide bonds. The van der Waals surface area contributed by atoms with Crippen LogP contribution in [0.4, 0.5) is 0 Å². The summed E-state index contributed by atoms with van der Waals surface area (Å²) < 4.78 is 0. The van der Waals surface area contributed by atoms with Gasteiger partial charge in [0.15, 0.2) is 0 Å². The van der Waals surface area contributed by atoms with Crippen LogP contribution in [0.15, 0.2) is 72.8 Å². The van der Waals surface area contributed by atoms with Gasteiger partial charge in [-0.3, -0.25) is 0 Å². The van der Waals surface area contributed by atoms with Gasteiger partial charge in [0.1, 0.15) is 5.75 Å². The largest absolute Gasteiger partial charge is 0.508 e. The maximum absolute atomic E-state index is 9.56. The predicted octanol–water partition coefficient (Wildman–Crippen LogP) is 3.77. The molecule has 0 aromatic heterocycles. The lowest BCUT2D eigenvalue weighted by molar-refractivity contribution is 0.475. The highest BCUT2D eigenvalue weighted by Crippen LogP contribution is 2.33. The van der Waals surface area contributed by atoms with E-state index in [9.17, 15) is 5.11 Å². The van der Waals surface area contributed by atoms with Gasteiger partial charge in [0.05, 0.1) is 0 Å². The van der Waals surface area contributed by atoms with Crippen LogP contribution in [0.3, 0.4) is 0 Å². The minimum atomic E-state index is -0.594. The Morgan fingerprint density at radius 2 is 0.864 bits per heavy atom. The molecule has 0 fully saturated rings. The van der Waals surface area contributed by atoms with Crippen LogP contribution in [-0.4, -0.2) is 5.11 Å². The van der Waals surface area contributed by atoms with Gasteiger partial charge >= 0.3 is 0 Å². The van der Waals surface area contributed by atoms with Gasteiger partial charge in [-0.05, 0) is 49.8 Å². The molecule has 0 spiro atoms. The molecule has 22 heavy (non-hydrogen) atoms. The molecule has 0 aliphatic rings. The van der Waals surface area contributed by atoms with Crippen molar-refractivity contribution in [2.45, 2.75) is 13.8 Å². The van der Waals surface area contributed by atoms with E-state index in [2.05, 4.69) is 62.4 Å². The molecule has 0 aliphatic carbocycles. The van der Waals surface area contributed by atoms with Gasteiger partial charge in [-0.15, -0.1) is 0 Å². The Kier molecular flexibility index (Phi) is 4.27. The number of hydrogen-bond acceptors (Lipinski definition) is 1. The zero-order valence-electron chi connectivity index (χ0n) is 12.8. The first kappa shape index (κ1) is 14.8. The third kappa shape index (κ3) is 3.21. The van der Waals surface area contributed by atoms with Crippen molar-refractivity contribution in [3.05, 3.63) is 83.9 Å². The highest BCUT2D eigenvalue weighted by molar-refractivity contribution is 7.79. The van der Waals surface area contributed by atoms with E-state index in [1.54, 1.807) is 12.1 Å². The molecule has 0 saturated carbocycles. The van der Waals surface area contributed by atoms with E-state index in [1.165, 1.54) is 27.0 Å². The Labute approximate surface area is 133 Å². The summed E-state index contributed by atoms with van der Waals surface area (Å²) in [7, 11) is -0.594. The smallest absolute Gasteiger partial charge is 0.115 e. The number of aryl methyl sites for hydroxylation is 2. The Hall–Kier alpha value is -2.11. The first-order valence-electron chi connectivity index (χ1n) is 7.36. The topological polar surface area (TPSA) is 20.2 Å². The monoisotopic (exact) mass is 306 g/mol. The van der Waals surface area contributed by atoms with Gasteiger partial charge in [-0.2, -0.15) is 0 Å². The molecule has 0 saturated heterocycles. The minimum absolute atomic E-state index is 0.312. The van der Waals surface area contributed by atoms with E-state index in [1.807, 2.05) is 12.1 Å². The molecule has 1 nitrogen and oxygen atoms in total. The third-order valence-corrected chi connectivity index (χ3v) is 6.14. The maximum Gasteiger partial charge on any atom is 0.115 e. The minimum Gasteiger partial charge on any atom is -0.508 e. The number of aromatic hydroxyl groups is 1. The highest BCUT2D eigenvalue weighted by Gasteiger charge is 2.16. The summed E-state index contributed by atoms with van der Waals surface area (Å²) in [6.45, 7) is 4.22. The van der Waals surface area contributed by atoms with Crippen molar-refractivity contribution >= 4 is 23.8 Å². The summed E-state index contributed by atoms with van der Waals surface area (Å²) in [5.74, 6) is 0.312. The van der Waals surface area contributed by atoms with Crippen molar-refractivity contribution in [2.24, 2.45) is 0 Å². The molecular formula is C20H19OP. The fourth-order valence-electron chi connectivity index (χ4n) is 2.44. The van der Waals surface area contributed by atoms with Gasteiger partial charge in [0.2, 0.25) is 0 Å². The van der Waals surface area contributed by atoms with Gasteiger partial charge in [0, 0.05) is 0 Å². The molecule has 0 bridgehead atoms. The molecule has 0 radical (unpaired) electrons. The second kappa shape index (κ2) is 6.34. The average molecular weight is 306 g/mol. The van der Waals surface area contributed by atoms with Crippen LogP contribution >= 0.6 is 7.92 Å². The van der Waals surface area contributed by atoms with Gasteiger partial charge in [-0.1, -0.05) is 71.8 Å². The molecule has 1 N–H and O–H groups in total. The SMILES string of the molecule is Cc1ccc(P(c2ccc(C)cc2)c2ccc(O)cc2)cc1. The maximum atomic E-state index is 9.56. The van der Waals surface area contributed by atoms with Gasteiger partial charge in [-0.25, -0.2) is 0 Å². The Morgan fingerprint density at radius 3 is 1.23 bits per heavy atom. The second-order valence-electron chi connectivity index (χ2n) is 5.52. The van der Waals surface area contributed by atoms with Gasteiger partial charge < -0.3 is 5.11 Å². The molecule has 0 atom stereocenters. The average Bonchev–Trinajstić information content (AvgIpc) is 2.53. The predicted molar refractivity (Wildman–Crippen MR) is 96.3 cm³/mol. The normalized spacial score (nSPS) is 10.9. The van der Waals surface area contributed by atoms with Crippen molar-refractivity contribution in [1.29, 1.82) is 0 Å². The molecule has 0 unspecified atom stereocenters. The fraction of sp³-hybridized carbons (Fsp3) is 0.100. The second-order valence-corrected chi connectivity index (χ2v) is 7.74. The number of hydrogen-bond donors (Lipinski definition) is 1. The van der Waals surface area contributed by atoms with E-state index in [0.717, 1.165) is 0 Å². The lowest BCUT2D eigenvalue weighted by atomic mass is 10.2. The van der Waals surface area contributed by atoms with Crippen molar-refractivity contribution in [3.63, 3.8) is 0 Å². The van der Waals surface area contributed by atoms with E-state index in [4.69, 9.17) is 0 Å². The van der Waals surface area contributed by atoms with Crippen LogP contribution in [0.5, 0.6) is 5.75 Å². The van der Waals surface area contributed by atoms with Crippen LogP contribution in [0, 0.1) is 13.8 Å². The number of rotatable bonds is 3. The quantitative estimate of drug-likeness (QED) is 0.730. The first-order chi connectivity index (χ1) is 10.6. The van der Waals surface area contributed by atoms with Crippen LogP contribution in [0.25, 0.3) is 0 Å². The molecule has 3 aromatic carbocycles. The Morgan fingerprint density at radius 1 is 0.545 bits per heavy atom. The zero-order valence-corrected chi connectivity index (χ0v) is 13.7. The fourth-order valence-corrected chi connectivity index (χ4v) is 4.67. The summed E-state index contributed by atoms with van der Waals surface area (Å²) in [5, 5.41) is 13.5. The number of phenols is 1. The highest BCUT2D eigenvalue weighted by atomic mass is 31.1. The third-order valence-electron chi connectivity index (χ3n) is 3.69. The van der Waals surface area contributed by atoms with Crippen molar-refractivity contribution < 1.29 is 5.11 Å². The molecule has 2 heteroatoms. The van der Waals surface area contributed by atoms with Gasteiger partial charge in [0.25, 0.3) is 0 Å². The molecule has 3 aromatic rings. The summed E-state index contributed by atoms with van der Waals surface area (Å²) in [5.41, 5.74) is 2.54. The molecule has 110 valence electrons. The molecule has 0 heterocycles.